The Morgan fingerprint density at radius 2 is 2.18 bits per heavy atom. The highest BCUT2D eigenvalue weighted by Crippen LogP contribution is 2.28. The molecule has 2 fully saturated rings. The van der Waals surface area contributed by atoms with Gasteiger partial charge < -0.3 is 14.8 Å². The van der Waals surface area contributed by atoms with Crippen LogP contribution in [0, 0.1) is 6.92 Å². The Kier molecular flexibility index (Phi) is 5.66. The highest BCUT2D eigenvalue weighted by molar-refractivity contribution is 9.10. The third-order valence-electron chi connectivity index (χ3n) is 4.31. The molecule has 1 aromatic rings. The van der Waals surface area contributed by atoms with Crippen LogP contribution >= 0.6 is 15.9 Å². The van der Waals surface area contributed by atoms with Gasteiger partial charge in [-0.25, -0.2) is 9.97 Å². The smallest absolute Gasteiger partial charge is 0.157 e. The Morgan fingerprint density at radius 1 is 1.27 bits per heavy atom. The third-order valence-corrected chi connectivity index (χ3v) is 4.89. The van der Waals surface area contributed by atoms with E-state index >= 15 is 0 Å². The van der Waals surface area contributed by atoms with E-state index in [0.29, 0.717) is 6.04 Å². The molecule has 1 aromatic heterocycles. The molecule has 1 saturated carbocycles. The van der Waals surface area contributed by atoms with Gasteiger partial charge in [-0.05, 0) is 67.8 Å². The summed E-state index contributed by atoms with van der Waals surface area (Å²) in [5.74, 6) is 1.66. The number of halogens is 1. The fraction of sp³-hybridized carbons (Fsp3) is 0.750. The molecule has 2 heterocycles. The molecular formula is C16H24BrN3O2. The van der Waals surface area contributed by atoms with Crippen molar-refractivity contribution in [3.8, 4) is 0 Å². The Morgan fingerprint density at radius 3 is 3.00 bits per heavy atom. The molecule has 1 unspecified atom stereocenters. The molecule has 6 heteroatoms. The second-order valence-electron chi connectivity index (χ2n) is 6.18. The second-order valence-corrected chi connectivity index (χ2v) is 7.03. The van der Waals surface area contributed by atoms with Crippen molar-refractivity contribution >= 4 is 21.7 Å². The lowest BCUT2D eigenvalue weighted by molar-refractivity contribution is -0.193. The first kappa shape index (κ1) is 16.1. The van der Waals surface area contributed by atoms with Gasteiger partial charge in [0.1, 0.15) is 11.6 Å². The van der Waals surface area contributed by atoms with E-state index in [9.17, 15) is 0 Å². The summed E-state index contributed by atoms with van der Waals surface area (Å²) in [7, 11) is 0. The van der Waals surface area contributed by atoms with E-state index in [2.05, 4.69) is 31.2 Å². The van der Waals surface area contributed by atoms with Gasteiger partial charge in [-0.2, -0.15) is 0 Å². The average molecular weight is 370 g/mol. The molecule has 1 aliphatic heterocycles. The first-order valence-electron chi connectivity index (χ1n) is 8.23. The van der Waals surface area contributed by atoms with Crippen molar-refractivity contribution in [2.75, 3.05) is 11.9 Å². The van der Waals surface area contributed by atoms with E-state index in [1.54, 1.807) is 6.20 Å². The van der Waals surface area contributed by atoms with Gasteiger partial charge in [0.25, 0.3) is 0 Å². The zero-order valence-electron chi connectivity index (χ0n) is 13.1. The molecule has 0 spiro atoms. The van der Waals surface area contributed by atoms with Crippen molar-refractivity contribution in [1.29, 1.82) is 0 Å². The molecular weight excluding hydrogens is 346 g/mol. The van der Waals surface area contributed by atoms with Crippen LogP contribution in [0.15, 0.2) is 10.7 Å². The molecule has 22 heavy (non-hydrogen) atoms. The van der Waals surface area contributed by atoms with Crippen LogP contribution in [0.3, 0.4) is 0 Å². The minimum absolute atomic E-state index is 0.00512. The van der Waals surface area contributed by atoms with E-state index in [1.807, 2.05) is 6.92 Å². The highest BCUT2D eigenvalue weighted by atomic mass is 79.9. The summed E-state index contributed by atoms with van der Waals surface area (Å²) in [6.07, 6.45) is 9.97. The van der Waals surface area contributed by atoms with Crippen molar-refractivity contribution in [1.82, 2.24) is 9.97 Å². The van der Waals surface area contributed by atoms with E-state index < -0.39 is 0 Å². The van der Waals surface area contributed by atoms with Crippen LogP contribution in [-0.4, -0.2) is 35.0 Å². The molecule has 1 aliphatic carbocycles. The number of ether oxygens (including phenoxy) is 2. The summed E-state index contributed by atoms with van der Waals surface area (Å²) in [6.45, 7) is 2.75. The van der Waals surface area contributed by atoms with Gasteiger partial charge in [-0.3, -0.25) is 0 Å². The van der Waals surface area contributed by atoms with E-state index in [4.69, 9.17) is 9.47 Å². The second kappa shape index (κ2) is 7.70. The molecule has 3 rings (SSSR count). The standard InChI is InChI=1S/C16H24BrN3O2/c1-11-18-10-14(17)16(19-11)20-12-5-4-6-13(9-12)22-15-7-2-3-8-21-15/h10,12-13,15H,2-9H2,1H3,(H,18,19,20)/t12-,13+,15?/m1/s1. The van der Waals surface area contributed by atoms with Crippen LogP contribution in [0.1, 0.15) is 50.8 Å². The van der Waals surface area contributed by atoms with Crippen molar-refractivity contribution < 1.29 is 9.47 Å². The predicted molar refractivity (Wildman–Crippen MR) is 88.8 cm³/mol. The molecule has 2 aliphatic rings. The minimum Gasteiger partial charge on any atom is -0.366 e. The quantitative estimate of drug-likeness (QED) is 0.874. The molecule has 1 N–H and O–H groups in total. The molecule has 5 nitrogen and oxygen atoms in total. The van der Waals surface area contributed by atoms with E-state index in [0.717, 1.165) is 54.8 Å². The first-order valence-corrected chi connectivity index (χ1v) is 9.03. The third kappa shape index (κ3) is 4.40. The van der Waals surface area contributed by atoms with E-state index in [1.165, 1.54) is 12.8 Å². The van der Waals surface area contributed by atoms with Crippen LogP contribution < -0.4 is 5.32 Å². The molecule has 122 valence electrons. The first-order chi connectivity index (χ1) is 10.7. The summed E-state index contributed by atoms with van der Waals surface area (Å²) in [5, 5.41) is 3.54. The maximum absolute atomic E-state index is 6.15. The van der Waals surface area contributed by atoms with Crippen molar-refractivity contribution in [2.24, 2.45) is 0 Å². The fourth-order valence-electron chi connectivity index (χ4n) is 3.18. The Hall–Kier alpha value is -0.720. The Bertz CT molecular complexity index is 494. The lowest BCUT2D eigenvalue weighted by atomic mass is 9.92. The largest absolute Gasteiger partial charge is 0.366 e. The lowest BCUT2D eigenvalue weighted by Crippen LogP contribution is -2.35. The lowest BCUT2D eigenvalue weighted by Gasteiger charge is -2.33. The van der Waals surface area contributed by atoms with Gasteiger partial charge in [0.2, 0.25) is 0 Å². The van der Waals surface area contributed by atoms with Crippen LogP contribution in [0.4, 0.5) is 5.82 Å². The highest BCUT2D eigenvalue weighted by Gasteiger charge is 2.26. The Balaban J connectivity index is 1.54. The SMILES string of the molecule is Cc1ncc(Br)c(N[C@@H]2CCC[C@H](OC3CCCCO3)C2)n1. The van der Waals surface area contributed by atoms with Crippen LogP contribution in [0.25, 0.3) is 0 Å². The number of anilines is 1. The van der Waals surface area contributed by atoms with Crippen LogP contribution in [0.5, 0.6) is 0 Å². The summed E-state index contributed by atoms with van der Waals surface area (Å²) in [4.78, 5) is 8.66. The van der Waals surface area contributed by atoms with Crippen LogP contribution in [0.2, 0.25) is 0 Å². The number of hydrogen-bond acceptors (Lipinski definition) is 5. The summed E-state index contributed by atoms with van der Waals surface area (Å²) >= 11 is 3.51. The number of nitrogens with one attached hydrogen (secondary N) is 1. The monoisotopic (exact) mass is 369 g/mol. The molecule has 1 saturated heterocycles. The Labute approximate surface area is 140 Å². The van der Waals surface area contributed by atoms with Gasteiger partial charge in [-0.1, -0.05) is 0 Å². The average Bonchev–Trinajstić information content (AvgIpc) is 2.52. The van der Waals surface area contributed by atoms with Gasteiger partial charge in [0.15, 0.2) is 6.29 Å². The number of rotatable bonds is 4. The molecule has 0 bridgehead atoms. The maximum atomic E-state index is 6.15. The van der Waals surface area contributed by atoms with Crippen LogP contribution in [-0.2, 0) is 9.47 Å². The van der Waals surface area contributed by atoms with Gasteiger partial charge in [-0.15, -0.1) is 0 Å². The zero-order valence-corrected chi connectivity index (χ0v) is 14.6. The van der Waals surface area contributed by atoms with E-state index in [-0.39, 0.29) is 12.4 Å². The minimum atomic E-state index is 0.00512. The molecule has 0 aromatic carbocycles. The van der Waals surface area contributed by atoms with Crippen molar-refractivity contribution in [3.63, 3.8) is 0 Å². The van der Waals surface area contributed by atoms with Gasteiger partial charge >= 0.3 is 0 Å². The van der Waals surface area contributed by atoms with Crippen molar-refractivity contribution in [2.45, 2.75) is 70.3 Å². The maximum Gasteiger partial charge on any atom is 0.157 e. The molecule has 3 atom stereocenters. The van der Waals surface area contributed by atoms with Crippen molar-refractivity contribution in [3.05, 3.63) is 16.5 Å². The number of aryl methyl sites for hydroxylation is 1. The van der Waals surface area contributed by atoms with Gasteiger partial charge in [0.05, 0.1) is 10.6 Å². The topological polar surface area (TPSA) is 56.3 Å². The molecule has 0 amide bonds. The predicted octanol–water partition coefficient (Wildman–Crippen LogP) is 3.81. The number of hydrogen-bond donors (Lipinski definition) is 1. The number of nitrogens with zero attached hydrogens (tertiary/aromatic N) is 2. The van der Waals surface area contributed by atoms with Gasteiger partial charge in [0, 0.05) is 18.8 Å². The normalized spacial score (nSPS) is 29.3. The number of aromatic nitrogens is 2. The molecule has 0 radical (unpaired) electrons. The summed E-state index contributed by atoms with van der Waals surface area (Å²) in [6, 6.07) is 0.396. The summed E-state index contributed by atoms with van der Waals surface area (Å²) < 4.78 is 12.8. The summed E-state index contributed by atoms with van der Waals surface area (Å²) in [5.41, 5.74) is 0. The fourth-order valence-corrected chi connectivity index (χ4v) is 3.49. The zero-order chi connectivity index (χ0) is 15.4.